The Bertz CT molecular complexity index is 650. The van der Waals surface area contributed by atoms with Gasteiger partial charge in [-0.3, -0.25) is 4.79 Å². The van der Waals surface area contributed by atoms with Crippen LogP contribution in [0.15, 0.2) is 34.1 Å². The molecule has 0 bridgehead atoms. The second-order valence-electron chi connectivity index (χ2n) is 5.48. The Kier molecular flexibility index (Phi) is 9.51. The van der Waals surface area contributed by atoms with Crippen LogP contribution in [0.1, 0.15) is 34.4 Å². The lowest BCUT2D eigenvalue weighted by molar-refractivity contribution is 0.0942. The normalized spacial score (nSPS) is 11.6. The van der Waals surface area contributed by atoms with Gasteiger partial charge < -0.3 is 11.1 Å². The number of benzene rings is 1. The average Bonchev–Trinajstić information content (AvgIpc) is 3.00. The minimum absolute atomic E-state index is 0. The van der Waals surface area contributed by atoms with Crippen molar-refractivity contribution in [3.05, 3.63) is 50.4 Å². The van der Waals surface area contributed by atoms with Crippen molar-refractivity contribution < 1.29 is 4.79 Å². The number of nitrogens with zero attached hydrogens (tertiary/aromatic N) is 1. The van der Waals surface area contributed by atoms with Gasteiger partial charge in [-0.25, -0.2) is 4.98 Å². The molecule has 0 radical (unpaired) electrons. The van der Waals surface area contributed by atoms with Crippen molar-refractivity contribution in [1.29, 1.82) is 0 Å². The highest BCUT2D eigenvalue weighted by molar-refractivity contribution is 9.10. The number of hydrogen-bond acceptors (Lipinski definition) is 4. The number of thiazole rings is 1. The van der Waals surface area contributed by atoms with Crippen molar-refractivity contribution in [1.82, 2.24) is 10.3 Å². The molecule has 7 heteroatoms. The van der Waals surface area contributed by atoms with Gasteiger partial charge in [0.15, 0.2) is 0 Å². The molecule has 1 unspecified atom stereocenters. The molecule has 1 amide bonds. The van der Waals surface area contributed by atoms with Gasteiger partial charge in [0.2, 0.25) is 0 Å². The fraction of sp³-hybridized carbons (Fsp3) is 0.412. The number of rotatable bonds is 8. The van der Waals surface area contributed by atoms with Gasteiger partial charge in [0.05, 0.1) is 5.01 Å². The van der Waals surface area contributed by atoms with Gasteiger partial charge in [-0.1, -0.05) is 41.4 Å². The van der Waals surface area contributed by atoms with Gasteiger partial charge in [0.25, 0.3) is 5.91 Å². The van der Waals surface area contributed by atoms with Crippen molar-refractivity contribution in [2.45, 2.75) is 26.2 Å². The maximum absolute atomic E-state index is 12.2. The number of amides is 1. The van der Waals surface area contributed by atoms with E-state index in [1.165, 1.54) is 16.9 Å². The van der Waals surface area contributed by atoms with E-state index in [0.29, 0.717) is 24.7 Å². The van der Waals surface area contributed by atoms with Crippen LogP contribution in [0, 0.1) is 5.92 Å². The maximum atomic E-state index is 12.2. The predicted octanol–water partition coefficient (Wildman–Crippen LogP) is 3.83. The summed E-state index contributed by atoms with van der Waals surface area (Å²) >= 11 is 4.99. The topological polar surface area (TPSA) is 68.0 Å². The monoisotopic (exact) mass is 431 g/mol. The number of nitrogens with two attached hydrogens (primary N) is 1. The predicted molar refractivity (Wildman–Crippen MR) is 106 cm³/mol. The number of hydrogen-bond donors (Lipinski definition) is 2. The molecule has 132 valence electrons. The zero-order valence-electron chi connectivity index (χ0n) is 13.6. The molecule has 24 heavy (non-hydrogen) atoms. The fourth-order valence-corrected chi connectivity index (χ4v) is 3.58. The molecule has 0 saturated heterocycles. The van der Waals surface area contributed by atoms with E-state index in [4.69, 9.17) is 5.73 Å². The summed E-state index contributed by atoms with van der Waals surface area (Å²) in [6.07, 6.45) is 2.69. The highest BCUT2D eigenvalue weighted by Gasteiger charge is 2.13. The Morgan fingerprint density at radius 2 is 2.25 bits per heavy atom. The fourth-order valence-electron chi connectivity index (χ4n) is 2.34. The van der Waals surface area contributed by atoms with Crippen LogP contribution >= 0.6 is 39.7 Å². The van der Waals surface area contributed by atoms with E-state index in [-0.39, 0.29) is 18.3 Å². The molecule has 3 N–H and O–H groups in total. The van der Waals surface area contributed by atoms with Crippen molar-refractivity contribution in [2.24, 2.45) is 11.7 Å². The first kappa shape index (κ1) is 21.1. The minimum atomic E-state index is -0.0998. The average molecular weight is 433 g/mol. The summed E-state index contributed by atoms with van der Waals surface area (Å²) < 4.78 is 1.09. The zero-order valence-corrected chi connectivity index (χ0v) is 16.8. The van der Waals surface area contributed by atoms with Crippen LogP contribution in [0.25, 0.3) is 0 Å². The standard InChI is InChI=1S/C17H22BrN3OS.ClH/c1-2-12(8-13-4-3-5-14(18)9-13)10-20-17(22)15-11-23-16(21-15)6-7-19;/h3-5,9,11-12H,2,6-8,10,19H2,1H3,(H,20,22);1H. The third-order valence-corrected chi connectivity index (χ3v) is 5.09. The van der Waals surface area contributed by atoms with Crippen LogP contribution in [-0.2, 0) is 12.8 Å². The molecule has 0 fully saturated rings. The Balaban J connectivity index is 0.00000288. The van der Waals surface area contributed by atoms with Crippen molar-refractivity contribution in [3.8, 4) is 0 Å². The summed E-state index contributed by atoms with van der Waals surface area (Å²) in [6.45, 7) is 3.36. The van der Waals surface area contributed by atoms with Crippen LogP contribution in [-0.4, -0.2) is 24.0 Å². The molecule has 1 aromatic heterocycles. The van der Waals surface area contributed by atoms with Crippen LogP contribution in [0.4, 0.5) is 0 Å². The SMILES string of the molecule is CCC(CNC(=O)c1csc(CCN)n1)Cc1cccc(Br)c1.Cl. The first-order valence-corrected chi connectivity index (χ1v) is 9.46. The summed E-state index contributed by atoms with van der Waals surface area (Å²) in [7, 11) is 0. The number of nitrogens with one attached hydrogen (secondary N) is 1. The van der Waals surface area contributed by atoms with E-state index < -0.39 is 0 Å². The van der Waals surface area contributed by atoms with Crippen LogP contribution in [0.2, 0.25) is 0 Å². The molecule has 0 aliphatic heterocycles. The van der Waals surface area contributed by atoms with Gasteiger partial charge in [-0.2, -0.15) is 0 Å². The first-order chi connectivity index (χ1) is 11.1. The second-order valence-corrected chi connectivity index (χ2v) is 7.34. The molecule has 0 aliphatic rings. The smallest absolute Gasteiger partial charge is 0.270 e. The van der Waals surface area contributed by atoms with E-state index in [2.05, 4.69) is 45.3 Å². The summed E-state index contributed by atoms with van der Waals surface area (Å²) in [5, 5.41) is 5.72. The lowest BCUT2D eigenvalue weighted by Crippen LogP contribution is -2.30. The van der Waals surface area contributed by atoms with Crippen LogP contribution in [0.3, 0.4) is 0 Å². The molecule has 1 atom stereocenters. The Labute approximate surface area is 161 Å². The van der Waals surface area contributed by atoms with Crippen LogP contribution in [0.5, 0.6) is 0 Å². The molecule has 0 aliphatic carbocycles. The molecular weight excluding hydrogens is 410 g/mol. The molecule has 1 heterocycles. The summed E-state index contributed by atoms with van der Waals surface area (Å²) in [5.74, 6) is 0.313. The molecule has 0 spiro atoms. The van der Waals surface area contributed by atoms with E-state index >= 15 is 0 Å². The minimum Gasteiger partial charge on any atom is -0.350 e. The van der Waals surface area contributed by atoms with E-state index in [1.807, 2.05) is 12.1 Å². The van der Waals surface area contributed by atoms with Gasteiger partial charge in [0.1, 0.15) is 5.69 Å². The largest absolute Gasteiger partial charge is 0.350 e. The third-order valence-electron chi connectivity index (χ3n) is 3.68. The zero-order chi connectivity index (χ0) is 16.7. The molecule has 2 aromatic rings. The van der Waals surface area contributed by atoms with E-state index in [0.717, 1.165) is 28.7 Å². The van der Waals surface area contributed by atoms with Crippen LogP contribution < -0.4 is 11.1 Å². The summed E-state index contributed by atoms with van der Waals surface area (Å²) in [6, 6.07) is 8.31. The highest BCUT2D eigenvalue weighted by atomic mass is 79.9. The van der Waals surface area contributed by atoms with Gasteiger partial charge in [-0.15, -0.1) is 23.7 Å². The first-order valence-electron chi connectivity index (χ1n) is 7.79. The third kappa shape index (κ3) is 6.51. The quantitative estimate of drug-likeness (QED) is 0.666. The lowest BCUT2D eigenvalue weighted by Gasteiger charge is -2.15. The van der Waals surface area contributed by atoms with Crippen molar-refractivity contribution in [2.75, 3.05) is 13.1 Å². The molecule has 2 rings (SSSR count). The Morgan fingerprint density at radius 1 is 1.46 bits per heavy atom. The number of aromatic nitrogens is 1. The number of carbonyl (C=O) groups excluding carboxylic acids is 1. The number of carbonyl (C=O) groups is 1. The maximum Gasteiger partial charge on any atom is 0.270 e. The second kappa shape index (κ2) is 10.8. The lowest BCUT2D eigenvalue weighted by atomic mass is 9.97. The number of halogens is 2. The Hall–Kier alpha value is -0.950. The Morgan fingerprint density at radius 3 is 2.92 bits per heavy atom. The van der Waals surface area contributed by atoms with Crippen molar-refractivity contribution >= 4 is 45.6 Å². The summed E-state index contributed by atoms with van der Waals surface area (Å²) in [5.41, 5.74) is 7.28. The molecular formula is C17H23BrClN3OS. The highest BCUT2D eigenvalue weighted by Crippen LogP contribution is 2.17. The molecule has 1 aromatic carbocycles. The van der Waals surface area contributed by atoms with Gasteiger partial charge in [-0.05, 0) is 36.6 Å². The molecule has 0 saturated carbocycles. The van der Waals surface area contributed by atoms with E-state index in [1.54, 1.807) is 5.38 Å². The van der Waals surface area contributed by atoms with Gasteiger partial charge in [0, 0.05) is 22.8 Å². The summed E-state index contributed by atoms with van der Waals surface area (Å²) in [4.78, 5) is 16.5. The van der Waals surface area contributed by atoms with Gasteiger partial charge >= 0.3 is 0 Å². The van der Waals surface area contributed by atoms with E-state index in [9.17, 15) is 4.79 Å². The molecule has 4 nitrogen and oxygen atoms in total. The van der Waals surface area contributed by atoms with Crippen molar-refractivity contribution in [3.63, 3.8) is 0 Å².